The predicted octanol–water partition coefficient (Wildman–Crippen LogP) is 1.33. The number of rotatable bonds is 3. The summed E-state index contributed by atoms with van der Waals surface area (Å²) >= 11 is 0. The van der Waals surface area contributed by atoms with Crippen molar-refractivity contribution in [1.82, 2.24) is 4.90 Å². The summed E-state index contributed by atoms with van der Waals surface area (Å²) in [6, 6.07) is 7.90. The Kier molecular flexibility index (Phi) is 2.62. The Balaban J connectivity index is 1.97. The maximum absolute atomic E-state index is 11.4. The molecule has 15 heavy (non-hydrogen) atoms. The first-order chi connectivity index (χ1) is 7.20. The highest BCUT2D eigenvalue weighted by molar-refractivity contribution is 5.84. The van der Waals surface area contributed by atoms with Crippen molar-refractivity contribution in [2.45, 2.75) is 6.42 Å². The summed E-state index contributed by atoms with van der Waals surface area (Å²) < 4.78 is 5.08. The Morgan fingerprint density at radius 2 is 2.07 bits per heavy atom. The van der Waals surface area contributed by atoms with Crippen LogP contribution in [0.15, 0.2) is 24.3 Å². The third-order valence-corrected chi connectivity index (χ3v) is 2.86. The van der Waals surface area contributed by atoms with Crippen molar-refractivity contribution in [3.8, 4) is 5.75 Å². The topological polar surface area (TPSA) is 29.5 Å². The highest BCUT2D eigenvalue weighted by atomic mass is 16.5. The van der Waals surface area contributed by atoms with Crippen LogP contribution < -0.4 is 4.74 Å². The maximum atomic E-state index is 11.4. The number of hydrogen-bond donors (Lipinski definition) is 0. The summed E-state index contributed by atoms with van der Waals surface area (Å²) in [5.41, 5.74) is 1.20. The van der Waals surface area contributed by atoms with Crippen LogP contribution in [0.3, 0.4) is 0 Å². The van der Waals surface area contributed by atoms with Crippen LogP contribution in [0.2, 0.25) is 0 Å². The zero-order chi connectivity index (χ0) is 10.8. The van der Waals surface area contributed by atoms with Crippen LogP contribution in [0.1, 0.15) is 5.56 Å². The molecule has 1 fully saturated rings. The second-order valence-electron chi connectivity index (χ2n) is 3.97. The lowest BCUT2D eigenvalue weighted by Gasteiger charge is -2.35. The van der Waals surface area contributed by atoms with Crippen LogP contribution in [0.5, 0.6) is 5.75 Å². The Morgan fingerprint density at radius 1 is 1.40 bits per heavy atom. The Hall–Kier alpha value is -1.51. The minimum Gasteiger partial charge on any atom is -0.497 e. The normalized spacial score (nSPS) is 20.0. The number of β-lactam (4-membered cyclic amide) rings is 1. The zero-order valence-electron chi connectivity index (χ0n) is 9.06. The molecule has 0 aromatic heterocycles. The fourth-order valence-corrected chi connectivity index (χ4v) is 1.90. The Morgan fingerprint density at radius 3 is 2.53 bits per heavy atom. The van der Waals surface area contributed by atoms with Crippen LogP contribution in [0.25, 0.3) is 0 Å². The quantitative estimate of drug-likeness (QED) is 0.697. The number of nitrogens with zero attached hydrogens (tertiary/aromatic N) is 1. The third kappa shape index (κ3) is 1.96. The lowest BCUT2D eigenvalue weighted by atomic mass is 9.92. The van der Waals surface area contributed by atoms with Gasteiger partial charge < -0.3 is 9.64 Å². The van der Waals surface area contributed by atoms with Gasteiger partial charge in [0.05, 0.1) is 13.0 Å². The van der Waals surface area contributed by atoms with E-state index in [-0.39, 0.29) is 11.8 Å². The highest BCUT2D eigenvalue weighted by Crippen LogP contribution is 2.21. The molecule has 0 N–H and O–H groups in total. The van der Waals surface area contributed by atoms with Crippen LogP contribution in [-0.2, 0) is 11.2 Å². The molecule has 0 aliphatic carbocycles. The molecule has 1 heterocycles. The number of likely N-dealkylation sites (tertiary alicyclic amines) is 1. The van der Waals surface area contributed by atoms with Crippen LogP contribution in [0, 0.1) is 5.92 Å². The van der Waals surface area contributed by atoms with Gasteiger partial charge in [-0.1, -0.05) is 12.1 Å². The van der Waals surface area contributed by atoms with E-state index in [9.17, 15) is 4.79 Å². The van der Waals surface area contributed by atoms with E-state index in [2.05, 4.69) is 0 Å². The van der Waals surface area contributed by atoms with Gasteiger partial charge in [0, 0.05) is 13.6 Å². The zero-order valence-corrected chi connectivity index (χ0v) is 9.06. The van der Waals surface area contributed by atoms with E-state index in [1.165, 1.54) is 5.56 Å². The van der Waals surface area contributed by atoms with E-state index >= 15 is 0 Å². The first-order valence-corrected chi connectivity index (χ1v) is 5.08. The van der Waals surface area contributed by atoms with Gasteiger partial charge in [-0.15, -0.1) is 0 Å². The fraction of sp³-hybridized carbons (Fsp3) is 0.417. The molecular weight excluding hydrogens is 190 g/mol. The smallest absolute Gasteiger partial charge is 0.227 e. The summed E-state index contributed by atoms with van der Waals surface area (Å²) in [4.78, 5) is 13.1. The van der Waals surface area contributed by atoms with E-state index in [0.29, 0.717) is 0 Å². The minimum absolute atomic E-state index is 0.184. The summed E-state index contributed by atoms with van der Waals surface area (Å²) in [5, 5.41) is 0. The van der Waals surface area contributed by atoms with Crippen molar-refractivity contribution in [1.29, 1.82) is 0 Å². The summed E-state index contributed by atoms with van der Waals surface area (Å²) in [5.74, 6) is 1.30. The third-order valence-electron chi connectivity index (χ3n) is 2.86. The lowest BCUT2D eigenvalue weighted by Crippen LogP contribution is -2.50. The van der Waals surface area contributed by atoms with Gasteiger partial charge >= 0.3 is 0 Å². The summed E-state index contributed by atoms with van der Waals surface area (Å²) in [6.45, 7) is 0.880. The number of ether oxygens (including phenoxy) is 1. The van der Waals surface area contributed by atoms with Gasteiger partial charge in [-0.3, -0.25) is 4.79 Å². The average molecular weight is 205 g/mol. The van der Waals surface area contributed by atoms with Gasteiger partial charge in [-0.2, -0.15) is 0 Å². The molecule has 1 unspecified atom stereocenters. The van der Waals surface area contributed by atoms with Crippen molar-refractivity contribution in [3.63, 3.8) is 0 Å². The molecule has 1 aromatic carbocycles. The number of hydrogen-bond acceptors (Lipinski definition) is 2. The number of carbonyl (C=O) groups is 1. The molecule has 0 spiro atoms. The molecule has 0 radical (unpaired) electrons. The van der Waals surface area contributed by atoms with E-state index in [1.54, 1.807) is 12.0 Å². The molecule has 3 heteroatoms. The van der Waals surface area contributed by atoms with Gasteiger partial charge in [0.15, 0.2) is 0 Å². The first kappa shape index (κ1) is 10.0. The van der Waals surface area contributed by atoms with Crippen LogP contribution >= 0.6 is 0 Å². The molecule has 0 saturated carbocycles. The molecule has 1 aromatic rings. The molecule has 3 nitrogen and oxygen atoms in total. The minimum atomic E-state index is 0.184. The SMILES string of the molecule is COc1ccc(CC2CN(C)C2=O)cc1. The van der Waals surface area contributed by atoms with Gasteiger partial charge in [0.25, 0.3) is 0 Å². The second-order valence-corrected chi connectivity index (χ2v) is 3.97. The molecule has 80 valence electrons. The number of carbonyl (C=O) groups excluding carboxylic acids is 1. The first-order valence-electron chi connectivity index (χ1n) is 5.08. The van der Waals surface area contributed by atoms with E-state index in [4.69, 9.17) is 4.74 Å². The molecule has 2 rings (SSSR count). The number of benzene rings is 1. The molecule has 1 amide bonds. The van der Waals surface area contributed by atoms with Crippen molar-refractivity contribution >= 4 is 5.91 Å². The van der Waals surface area contributed by atoms with Crippen LogP contribution in [-0.4, -0.2) is 31.5 Å². The highest BCUT2D eigenvalue weighted by Gasteiger charge is 2.33. The Bertz CT molecular complexity index is 358. The summed E-state index contributed by atoms with van der Waals surface area (Å²) in [6.07, 6.45) is 0.840. The molecule has 1 aliphatic rings. The maximum Gasteiger partial charge on any atom is 0.227 e. The van der Waals surface area contributed by atoms with E-state index in [0.717, 1.165) is 18.7 Å². The fourth-order valence-electron chi connectivity index (χ4n) is 1.90. The monoisotopic (exact) mass is 205 g/mol. The van der Waals surface area contributed by atoms with Crippen molar-refractivity contribution in [2.75, 3.05) is 20.7 Å². The average Bonchev–Trinajstić information content (AvgIpc) is 2.29. The van der Waals surface area contributed by atoms with E-state index < -0.39 is 0 Å². The molecule has 1 aliphatic heterocycles. The summed E-state index contributed by atoms with van der Waals surface area (Å²) in [7, 11) is 3.49. The van der Waals surface area contributed by atoms with Gasteiger partial charge in [-0.25, -0.2) is 0 Å². The lowest BCUT2D eigenvalue weighted by molar-refractivity contribution is -0.145. The number of amides is 1. The Labute approximate surface area is 89.7 Å². The molecule has 1 saturated heterocycles. The predicted molar refractivity (Wildman–Crippen MR) is 57.8 cm³/mol. The van der Waals surface area contributed by atoms with Crippen molar-refractivity contribution in [2.24, 2.45) is 5.92 Å². The van der Waals surface area contributed by atoms with Gasteiger partial charge in [0.1, 0.15) is 5.75 Å². The van der Waals surface area contributed by atoms with Gasteiger partial charge in [0.2, 0.25) is 5.91 Å². The largest absolute Gasteiger partial charge is 0.497 e. The van der Waals surface area contributed by atoms with Crippen LogP contribution in [0.4, 0.5) is 0 Å². The van der Waals surface area contributed by atoms with Crippen molar-refractivity contribution in [3.05, 3.63) is 29.8 Å². The van der Waals surface area contributed by atoms with Crippen molar-refractivity contribution < 1.29 is 9.53 Å². The second kappa shape index (κ2) is 3.93. The number of methoxy groups -OCH3 is 1. The molecular formula is C12H15NO2. The molecule has 1 atom stereocenters. The standard InChI is InChI=1S/C12H15NO2/c1-13-8-10(12(13)14)7-9-3-5-11(15-2)6-4-9/h3-6,10H,7-8H2,1-2H3. The molecule has 0 bridgehead atoms. The van der Waals surface area contributed by atoms with E-state index in [1.807, 2.05) is 31.3 Å². The van der Waals surface area contributed by atoms with Gasteiger partial charge in [-0.05, 0) is 24.1 Å².